The molecular formula is C31H39F3N2O5. The summed E-state index contributed by atoms with van der Waals surface area (Å²) < 4.78 is 43.4. The van der Waals surface area contributed by atoms with Crippen LogP contribution in [0.1, 0.15) is 57.1 Å². The van der Waals surface area contributed by atoms with E-state index in [0.29, 0.717) is 25.0 Å². The zero-order valence-corrected chi connectivity index (χ0v) is 24.0. The maximum atomic E-state index is 14.4. The number of halogens is 3. The van der Waals surface area contributed by atoms with E-state index in [2.05, 4.69) is 67.4 Å². The Morgan fingerprint density at radius 2 is 1.78 bits per heavy atom. The smallest absolute Gasteiger partial charge is 0.490 e. The number of fused-ring (bicyclic) bond motifs is 2. The molecular weight excluding hydrogens is 537 g/mol. The summed E-state index contributed by atoms with van der Waals surface area (Å²) in [5.74, 6) is -0.489. The molecule has 7 nitrogen and oxygen atoms in total. The zero-order chi connectivity index (χ0) is 30.0. The summed E-state index contributed by atoms with van der Waals surface area (Å²) in [6.07, 6.45) is -2.21. The molecule has 0 aromatic heterocycles. The van der Waals surface area contributed by atoms with Crippen molar-refractivity contribution < 1.29 is 37.3 Å². The lowest BCUT2D eigenvalue weighted by Gasteiger charge is -2.49. The summed E-state index contributed by atoms with van der Waals surface area (Å²) in [7, 11) is 1.68. The number of methoxy groups -OCH3 is 1. The van der Waals surface area contributed by atoms with Crippen LogP contribution in [0.15, 0.2) is 48.5 Å². The summed E-state index contributed by atoms with van der Waals surface area (Å²) in [5, 5.41) is 10.7. The molecule has 0 radical (unpaired) electrons. The lowest BCUT2D eigenvalue weighted by molar-refractivity contribution is -0.192. The summed E-state index contributed by atoms with van der Waals surface area (Å²) in [4.78, 5) is 25.5. The highest BCUT2D eigenvalue weighted by atomic mass is 19.4. The molecule has 0 bridgehead atoms. The van der Waals surface area contributed by atoms with Gasteiger partial charge in [-0.3, -0.25) is 4.79 Å². The molecule has 3 aliphatic rings. The maximum Gasteiger partial charge on any atom is 0.490 e. The molecule has 2 aromatic carbocycles. The standard InChI is InChI=1S/C29H38N2O3.C2HF3O2/c1-28(2,3)25-17-21(20-9-6-5-7-10-20)13-15-31(25)27(32)23-18-30-19-29(23)14-16-34-26-22(29)11-8-12-24(26)33-4;3-2(4,5)1(6)7/h5-12,21,23,25,30H,13-19H2,1-4H3;(H,6,7)/t21-,23+,25+,29+;/m1./s1. The van der Waals surface area contributed by atoms with E-state index in [9.17, 15) is 18.0 Å². The second-order valence-electron chi connectivity index (χ2n) is 12.1. The van der Waals surface area contributed by atoms with Gasteiger partial charge in [-0.25, -0.2) is 4.79 Å². The van der Waals surface area contributed by atoms with E-state index >= 15 is 0 Å². The van der Waals surface area contributed by atoms with Gasteiger partial charge in [0.2, 0.25) is 5.91 Å². The normalized spacial score (nSPS) is 25.9. The minimum Gasteiger partial charge on any atom is -0.493 e. The van der Waals surface area contributed by atoms with Crippen LogP contribution in [-0.4, -0.2) is 67.5 Å². The highest BCUT2D eigenvalue weighted by molar-refractivity contribution is 5.83. The van der Waals surface area contributed by atoms with Gasteiger partial charge < -0.3 is 24.8 Å². The Morgan fingerprint density at radius 1 is 1.10 bits per heavy atom. The molecule has 0 unspecified atom stereocenters. The van der Waals surface area contributed by atoms with Crippen LogP contribution in [0.3, 0.4) is 0 Å². The van der Waals surface area contributed by atoms with E-state index < -0.39 is 12.1 Å². The van der Waals surface area contributed by atoms with E-state index in [-0.39, 0.29) is 22.8 Å². The Balaban J connectivity index is 0.000000493. The third-order valence-electron chi connectivity index (χ3n) is 8.68. The fourth-order valence-electron chi connectivity index (χ4n) is 6.59. The van der Waals surface area contributed by atoms with Crippen molar-refractivity contribution in [3.05, 3.63) is 59.7 Å². The van der Waals surface area contributed by atoms with Crippen LogP contribution >= 0.6 is 0 Å². The largest absolute Gasteiger partial charge is 0.493 e. The first-order chi connectivity index (χ1) is 19.3. The minimum absolute atomic E-state index is 0.0130. The average molecular weight is 577 g/mol. The number of aliphatic carboxylic acids is 1. The number of amides is 1. The molecule has 2 saturated heterocycles. The van der Waals surface area contributed by atoms with Crippen molar-refractivity contribution in [2.45, 2.75) is 63.6 Å². The third kappa shape index (κ3) is 6.32. The van der Waals surface area contributed by atoms with E-state index in [1.165, 1.54) is 5.56 Å². The number of alkyl halides is 3. The minimum atomic E-state index is -5.08. The van der Waals surface area contributed by atoms with Gasteiger partial charge in [0, 0.05) is 36.7 Å². The predicted octanol–water partition coefficient (Wildman–Crippen LogP) is 5.39. The quantitative estimate of drug-likeness (QED) is 0.510. The van der Waals surface area contributed by atoms with E-state index in [1.54, 1.807) is 7.11 Å². The molecule has 1 amide bonds. The molecule has 3 heterocycles. The van der Waals surface area contributed by atoms with Crippen LogP contribution in [0.2, 0.25) is 0 Å². The summed E-state index contributed by atoms with van der Waals surface area (Å²) >= 11 is 0. The molecule has 2 aromatic rings. The molecule has 10 heteroatoms. The number of hydrogen-bond acceptors (Lipinski definition) is 5. The van der Waals surface area contributed by atoms with Crippen LogP contribution in [-0.2, 0) is 15.0 Å². The third-order valence-corrected chi connectivity index (χ3v) is 8.68. The van der Waals surface area contributed by atoms with Crippen molar-refractivity contribution in [2.24, 2.45) is 11.3 Å². The summed E-state index contributed by atoms with van der Waals surface area (Å²) in [6.45, 7) is 9.78. The fourth-order valence-corrected chi connectivity index (χ4v) is 6.59. The lowest BCUT2D eigenvalue weighted by Crippen LogP contribution is -2.56. The molecule has 41 heavy (non-hydrogen) atoms. The van der Waals surface area contributed by atoms with E-state index in [0.717, 1.165) is 49.4 Å². The molecule has 2 N–H and O–H groups in total. The summed E-state index contributed by atoms with van der Waals surface area (Å²) in [6, 6.07) is 17.1. The first-order valence-corrected chi connectivity index (χ1v) is 14.0. The Hall–Kier alpha value is -3.27. The van der Waals surface area contributed by atoms with Gasteiger partial charge in [-0.2, -0.15) is 13.2 Å². The number of benzene rings is 2. The molecule has 224 valence electrons. The fraction of sp³-hybridized carbons (Fsp3) is 0.548. The van der Waals surface area contributed by atoms with E-state index in [1.807, 2.05) is 12.1 Å². The van der Waals surface area contributed by atoms with Gasteiger partial charge in [0.1, 0.15) is 0 Å². The van der Waals surface area contributed by atoms with Crippen LogP contribution in [0.25, 0.3) is 0 Å². The number of carboxylic acid groups (broad SMARTS) is 1. The Morgan fingerprint density at radius 3 is 2.39 bits per heavy atom. The maximum absolute atomic E-state index is 14.4. The Kier molecular flexibility index (Phi) is 8.92. The zero-order valence-electron chi connectivity index (χ0n) is 24.0. The predicted molar refractivity (Wildman–Crippen MR) is 148 cm³/mol. The van der Waals surface area contributed by atoms with Crippen molar-refractivity contribution >= 4 is 11.9 Å². The van der Waals surface area contributed by atoms with Crippen molar-refractivity contribution in [3.63, 3.8) is 0 Å². The average Bonchev–Trinajstić information content (AvgIpc) is 3.36. The first kappa shape index (κ1) is 30.7. The number of hydrogen-bond donors (Lipinski definition) is 2. The number of ether oxygens (including phenoxy) is 2. The molecule has 5 rings (SSSR count). The molecule has 1 spiro atoms. The van der Waals surface area contributed by atoms with Gasteiger partial charge >= 0.3 is 12.1 Å². The van der Waals surface area contributed by atoms with E-state index in [4.69, 9.17) is 19.4 Å². The van der Waals surface area contributed by atoms with Gasteiger partial charge in [0.05, 0.1) is 19.6 Å². The Bertz CT molecular complexity index is 1230. The number of carbonyl (C=O) groups is 2. The van der Waals surface area contributed by atoms with Gasteiger partial charge in [0.15, 0.2) is 11.5 Å². The molecule has 0 saturated carbocycles. The SMILES string of the molecule is COc1cccc2c1OCC[C@]21CNC[C@H]1C(=O)N1CC[C@@H](c2ccccc2)C[C@H]1C(C)(C)C.O=C(O)C(F)(F)F. The molecule has 2 fully saturated rings. The van der Waals surface area contributed by atoms with Gasteiger partial charge in [-0.1, -0.05) is 63.2 Å². The van der Waals surface area contributed by atoms with Crippen molar-refractivity contribution in [1.29, 1.82) is 0 Å². The van der Waals surface area contributed by atoms with Crippen molar-refractivity contribution in [2.75, 3.05) is 33.4 Å². The number of carboxylic acids is 1. The van der Waals surface area contributed by atoms with Crippen LogP contribution in [0, 0.1) is 11.3 Å². The molecule has 3 aliphatic heterocycles. The number of nitrogens with one attached hydrogen (secondary N) is 1. The molecule has 0 aliphatic carbocycles. The second-order valence-corrected chi connectivity index (χ2v) is 12.1. The lowest BCUT2D eigenvalue weighted by atomic mass is 9.67. The van der Waals surface area contributed by atoms with Gasteiger partial charge in [-0.05, 0) is 42.2 Å². The highest BCUT2D eigenvalue weighted by Crippen LogP contribution is 2.50. The molecule has 4 atom stereocenters. The first-order valence-electron chi connectivity index (χ1n) is 14.0. The topological polar surface area (TPSA) is 88.1 Å². The highest BCUT2D eigenvalue weighted by Gasteiger charge is 2.54. The van der Waals surface area contributed by atoms with Crippen LogP contribution in [0.5, 0.6) is 11.5 Å². The number of rotatable bonds is 3. The summed E-state index contributed by atoms with van der Waals surface area (Å²) in [5.41, 5.74) is 2.28. The second kappa shape index (κ2) is 11.9. The van der Waals surface area contributed by atoms with Crippen molar-refractivity contribution in [1.82, 2.24) is 10.2 Å². The Labute approximate surface area is 239 Å². The number of carbonyl (C=O) groups excluding carboxylic acids is 1. The van der Waals surface area contributed by atoms with Gasteiger partial charge in [-0.15, -0.1) is 0 Å². The van der Waals surface area contributed by atoms with Crippen LogP contribution < -0.4 is 14.8 Å². The van der Waals surface area contributed by atoms with Crippen LogP contribution in [0.4, 0.5) is 13.2 Å². The van der Waals surface area contributed by atoms with Crippen molar-refractivity contribution in [3.8, 4) is 11.5 Å². The number of nitrogens with zero attached hydrogens (tertiary/aromatic N) is 1. The number of piperidine rings is 1. The van der Waals surface area contributed by atoms with Gasteiger partial charge in [0.25, 0.3) is 0 Å². The monoisotopic (exact) mass is 576 g/mol. The number of para-hydroxylation sites is 1. The number of likely N-dealkylation sites (tertiary alicyclic amines) is 1.